The molecule has 0 spiro atoms. The lowest BCUT2D eigenvalue weighted by molar-refractivity contribution is -0.138. The van der Waals surface area contributed by atoms with Crippen LogP contribution >= 0.6 is 0 Å². The number of hydrogen-bond donors (Lipinski definition) is 0. The minimum absolute atomic E-state index is 0.0428. The zero-order valence-corrected chi connectivity index (χ0v) is 24.4. The van der Waals surface area contributed by atoms with Gasteiger partial charge in [-0.2, -0.15) is 23.4 Å². The van der Waals surface area contributed by atoms with Crippen molar-refractivity contribution in [1.82, 2.24) is 24.3 Å². The third-order valence-electron chi connectivity index (χ3n) is 8.59. The van der Waals surface area contributed by atoms with Crippen molar-refractivity contribution in [3.8, 4) is 6.07 Å². The Bertz CT molecular complexity index is 1540. The molecule has 42 heavy (non-hydrogen) atoms. The Hall–Kier alpha value is -3.53. The van der Waals surface area contributed by atoms with Crippen LogP contribution < -0.4 is 10.6 Å². The van der Waals surface area contributed by atoms with Crippen molar-refractivity contribution in [2.24, 2.45) is 7.05 Å². The number of morpholine rings is 1. The minimum Gasteiger partial charge on any atom is -0.379 e. The van der Waals surface area contributed by atoms with Crippen LogP contribution in [0.3, 0.4) is 0 Å². The molecule has 3 atom stereocenters. The van der Waals surface area contributed by atoms with Crippen molar-refractivity contribution in [3.05, 3.63) is 63.2 Å². The fourth-order valence-corrected chi connectivity index (χ4v) is 6.14. The summed E-state index contributed by atoms with van der Waals surface area (Å²) in [7, 11) is 1.63. The first-order chi connectivity index (χ1) is 20.0. The van der Waals surface area contributed by atoms with Crippen LogP contribution in [0.25, 0.3) is 11.0 Å². The number of aromatic nitrogens is 3. The first-order valence-corrected chi connectivity index (χ1v) is 14.3. The van der Waals surface area contributed by atoms with Crippen molar-refractivity contribution < 1.29 is 17.9 Å². The molecule has 2 aromatic heterocycles. The van der Waals surface area contributed by atoms with E-state index in [0.29, 0.717) is 56.2 Å². The van der Waals surface area contributed by atoms with Gasteiger partial charge in [-0.05, 0) is 49.6 Å². The maximum absolute atomic E-state index is 14.0. The van der Waals surface area contributed by atoms with Gasteiger partial charge in [0.1, 0.15) is 17.3 Å². The Morgan fingerprint density at radius 3 is 2.55 bits per heavy atom. The molecule has 5 rings (SSSR count). The first kappa shape index (κ1) is 29.9. The fraction of sp³-hybridized carbons (Fsp3) is 0.533. The maximum Gasteiger partial charge on any atom is 0.416 e. The number of nitrogens with zero attached hydrogens (tertiary/aromatic N) is 7. The summed E-state index contributed by atoms with van der Waals surface area (Å²) in [5.41, 5.74) is 1.45. The fourth-order valence-electron chi connectivity index (χ4n) is 6.14. The summed E-state index contributed by atoms with van der Waals surface area (Å²) in [5, 5.41) is 9.44. The molecule has 3 aromatic rings. The lowest BCUT2D eigenvalue weighted by Crippen LogP contribution is -2.58. The van der Waals surface area contributed by atoms with Gasteiger partial charge in [0.2, 0.25) is 0 Å². The largest absolute Gasteiger partial charge is 0.416 e. The van der Waals surface area contributed by atoms with Crippen molar-refractivity contribution in [2.45, 2.75) is 58.0 Å². The third kappa shape index (κ3) is 5.86. The highest BCUT2D eigenvalue weighted by Crippen LogP contribution is 2.37. The van der Waals surface area contributed by atoms with E-state index in [4.69, 9.17) is 4.74 Å². The molecule has 0 amide bonds. The van der Waals surface area contributed by atoms with Crippen LogP contribution in [-0.4, -0.2) is 75.8 Å². The van der Waals surface area contributed by atoms with E-state index in [0.717, 1.165) is 12.0 Å². The van der Waals surface area contributed by atoms with Gasteiger partial charge in [-0.3, -0.25) is 14.4 Å². The van der Waals surface area contributed by atoms with Gasteiger partial charge in [0, 0.05) is 57.9 Å². The van der Waals surface area contributed by atoms with Crippen LogP contribution in [0.15, 0.2) is 35.1 Å². The molecular weight excluding hydrogens is 547 g/mol. The van der Waals surface area contributed by atoms with Gasteiger partial charge < -0.3 is 9.64 Å². The number of nitriles is 1. The van der Waals surface area contributed by atoms with Crippen LogP contribution in [0.5, 0.6) is 0 Å². The van der Waals surface area contributed by atoms with Gasteiger partial charge in [-0.1, -0.05) is 19.1 Å². The van der Waals surface area contributed by atoms with E-state index < -0.39 is 17.4 Å². The highest BCUT2D eigenvalue weighted by atomic mass is 19.4. The molecular formula is C30H36F3N7O2. The van der Waals surface area contributed by atoms with Gasteiger partial charge in [-0.25, -0.2) is 9.78 Å². The van der Waals surface area contributed by atoms with Gasteiger partial charge in [0.25, 0.3) is 0 Å². The number of benzene rings is 1. The number of alkyl halides is 3. The monoisotopic (exact) mass is 583 g/mol. The quantitative estimate of drug-likeness (QED) is 0.429. The number of fused-ring (bicyclic) bond motifs is 1. The summed E-state index contributed by atoms with van der Waals surface area (Å²) in [5.74, 6) is 0.450. The second kappa shape index (κ2) is 12.0. The van der Waals surface area contributed by atoms with Crippen LogP contribution in [0, 0.1) is 11.3 Å². The molecule has 12 heteroatoms. The molecule has 1 aromatic carbocycles. The number of hydrogen-bond acceptors (Lipinski definition) is 8. The molecule has 0 radical (unpaired) electrons. The molecule has 2 saturated heterocycles. The molecule has 0 N–H and O–H groups in total. The highest BCUT2D eigenvalue weighted by Gasteiger charge is 2.37. The Morgan fingerprint density at radius 1 is 1.14 bits per heavy atom. The lowest BCUT2D eigenvalue weighted by Gasteiger charge is -2.48. The van der Waals surface area contributed by atoms with E-state index in [9.17, 15) is 23.2 Å². The molecule has 224 valence electrons. The predicted octanol–water partition coefficient (Wildman–Crippen LogP) is 4.10. The molecule has 9 nitrogen and oxygen atoms in total. The van der Waals surface area contributed by atoms with E-state index in [1.54, 1.807) is 31.3 Å². The topological polar surface area (TPSA) is 90.5 Å². The second-order valence-electron chi connectivity index (χ2n) is 11.2. The SMILES string of the molecule is CC[C@@H]1CN(c2nc(=O)n(C)c3ccc(C#N)nc23)[C@@H](C)CN1C(C)c1ccc(C(F)(F)F)c(CN2CCOCC2)c1. The van der Waals surface area contributed by atoms with E-state index in [-0.39, 0.29) is 35.9 Å². The summed E-state index contributed by atoms with van der Waals surface area (Å²) in [6.45, 7) is 9.78. The summed E-state index contributed by atoms with van der Waals surface area (Å²) >= 11 is 0. The number of piperazine rings is 1. The zero-order chi connectivity index (χ0) is 30.2. The van der Waals surface area contributed by atoms with Gasteiger partial charge in [0.05, 0.1) is 24.3 Å². The van der Waals surface area contributed by atoms with E-state index in [1.807, 2.05) is 18.7 Å². The Balaban J connectivity index is 1.45. The summed E-state index contributed by atoms with van der Waals surface area (Å²) < 4.78 is 48.7. The first-order valence-electron chi connectivity index (χ1n) is 14.3. The zero-order valence-electron chi connectivity index (χ0n) is 24.4. The number of ether oxygens (including phenoxy) is 1. The van der Waals surface area contributed by atoms with Crippen molar-refractivity contribution >= 4 is 16.9 Å². The summed E-state index contributed by atoms with van der Waals surface area (Å²) in [6.07, 6.45) is -3.65. The van der Waals surface area contributed by atoms with Gasteiger partial charge in [-0.15, -0.1) is 0 Å². The lowest BCUT2D eigenvalue weighted by atomic mass is 9.95. The van der Waals surface area contributed by atoms with E-state index >= 15 is 0 Å². The van der Waals surface area contributed by atoms with Crippen LogP contribution in [-0.2, 0) is 24.5 Å². The van der Waals surface area contributed by atoms with Crippen LogP contribution in [0.2, 0.25) is 0 Å². The molecule has 4 heterocycles. The molecule has 1 unspecified atom stereocenters. The molecule has 0 bridgehead atoms. The maximum atomic E-state index is 14.0. The summed E-state index contributed by atoms with van der Waals surface area (Å²) in [4.78, 5) is 28.1. The number of pyridine rings is 1. The molecule has 2 aliphatic heterocycles. The number of rotatable bonds is 6. The third-order valence-corrected chi connectivity index (χ3v) is 8.59. The van der Waals surface area contributed by atoms with Crippen LogP contribution in [0.1, 0.15) is 55.6 Å². The molecule has 0 saturated carbocycles. The van der Waals surface area contributed by atoms with Gasteiger partial charge in [0.15, 0.2) is 5.82 Å². The molecule has 2 aliphatic rings. The van der Waals surface area contributed by atoms with Crippen molar-refractivity contribution in [1.29, 1.82) is 5.26 Å². The van der Waals surface area contributed by atoms with Crippen LogP contribution in [0.4, 0.5) is 19.0 Å². The smallest absolute Gasteiger partial charge is 0.379 e. The molecule has 2 fully saturated rings. The average molecular weight is 584 g/mol. The second-order valence-corrected chi connectivity index (χ2v) is 11.2. The standard InChI is InChI=1S/C30H36F3N7O2/c1-5-24-18-39(28-27-26(37(4)29(41)36-28)9-7-23(15-34)35-27)19(2)16-40(24)20(3)21-6-8-25(30(31,32)33)22(14-21)17-38-10-12-42-13-11-38/h6-9,14,19-20,24H,5,10-13,16-18H2,1-4H3/t19-,20?,24+/m0/s1. The van der Waals surface area contributed by atoms with Crippen molar-refractivity contribution in [3.63, 3.8) is 0 Å². The normalized spacial score (nSPS) is 21.4. The van der Waals surface area contributed by atoms with E-state index in [1.165, 1.54) is 10.6 Å². The number of aryl methyl sites for hydroxylation is 1. The summed E-state index contributed by atoms with van der Waals surface area (Å²) in [6, 6.07) is 9.73. The molecule has 0 aliphatic carbocycles. The Morgan fingerprint density at radius 2 is 1.88 bits per heavy atom. The predicted molar refractivity (Wildman–Crippen MR) is 153 cm³/mol. The minimum atomic E-state index is -4.43. The van der Waals surface area contributed by atoms with Crippen molar-refractivity contribution in [2.75, 3.05) is 44.3 Å². The number of halogens is 3. The average Bonchev–Trinajstić information content (AvgIpc) is 2.98. The number of anilines is 1. The van der Waals surface area contributed by atoms with E-state index in [2.05, 4.69) is 32.8 Å². The Kier molecular flexibility index (Phi) is 8.55. The Labute approximate surface area is 243 Å². The van der Waals surface area contributed by atoms with Gasteiger partial charge >= 0.3 is 11.9 Å². The highest BCUT2D eigenvalue weighted by molar-refractivity contribution is 5.86.